The molecule has 0 aliphatic carbocycles. The molecule has 6 aliphatic rings. The number of carboxylic acid groups (broad SMARTS) is 1. The van der Waals surface area contributed by atoms with Crippen LogP contribution in [0, 0.1) is 0 Å². The quantitative estimate of drug-likeness (QED) is 0.0254. The molecule has 0 saturated carbocycles. The molecule has 3 amide bonds. The topological polar surface area (TPSA) is 620 Å². The van der Waals surface area contributed by atoms with Crippen molar-refractivity contribution >= 4 is 23.7 Å². The van der Waals surface area contributed by atoms with E-state index in [1.165, 1.54) is 122 Å². The standard InChI is InChI=1S/C85H151N3O36/c1-5-7-9-11-13-15-17-19-20-21-22-23-24-25-26-28-30-32-34-36-38-40-60(99)88-51(52(96)39-37-35-33-31-29-27-18-16-14-12-10-8-6-2)47-113-80-71(108)69(106)75(58(46-93)118-80)121-82-72(109)77(122-81-70(107)68(105)64(101)55(43-90)115-81)66(103)59(119-82)48-114-79-62(87-50(4)95)67(104)74(57(45-92)117-79)120-83-73(110)78(65(102)56(44-91)116-83)124-85(84(111)112)41-53(97)61(86-49(3)94)76(123-85)63(100)54(98)42-89/h19-20,37,39,51-59,61-83,89-93,96-98,100-110H,5-18,21-36,38,40-48H2,1-4H3,(H,86,94)(H,87,95)(H,88,99)(H,111,112)/b20-19-,39-37+/t51-,52+,53?,54+,55?,56?,57?,58?,59?,61+,62?,63+,64-,65-,66-,67+,68-,69+,70?,71?,72?,73?,74+,75+,76?,77-,78-,79+,80+,81+,82-,83-,85-/m0/s1. The van der Waals surface area contributed by atoms with Gasteiger partial charge in [-0.3, -0.25) is 14.4 Å². The zero-order valence-corrected chi connectivity index (χ0v) is 72.5. The first-order valence-electron chi connectivity index (χ1n) is 45.2. The number of aliphatic hydroxyl groups excluding tert-OH is 19. The summed E-state index contributed by atoms with van der Waals surface area (Å²) in [5.41, 5.74) is 0. The molecule has 0 radical (unpaired) electrons. The van der Waals surface area contributed by atoms with E-state index in [9.17, 15) is 121 Å². The maximum Gasteiger partial charge on any atom is 0.364 e. The van der Waals surface area contributed by atoms with Gasteiger partial charge in [-0.05, 0) is 44.9 Å². The van der Waals surface area contributed by atoms with E-state index < -0.39 is 272 Å². The highest BCUT2D eigenvalue weighted by Gasteiger charge is 2.62. The molecule has 6 fully saturated rings. The molecule has 0 bridgehead atoms. The van der Waals surface area contributed by atoms with E-state index in [1.807, 2.05) is 6.08 Å². The monoisotopic (exact) mass is 1790 g/mol. The van der Waals surface area contributed by atoms with Crippen molar-refractivity contribution in [3.8, 4) is 0 Å². The Morgan fingerprint density at radius 1 is 0.427 bits per heavy atom. The second kappa shape index (κ2) is 58.1. The number of aliphatic hydroxyl groups is 19. The number of hydrogen-bond donors (Lipinski definition) is 23. The molecule has 39 nitrogen and oxygen atoms in total. The number of unbranched alkanes of at least 4 members (excludes halogenated alkanes) is 28. The summed E-state index contributed by atoms with van der Waals surface area (Å²) in [4.78, 5) is 52.1. The number of hydrogen-bond acceptors (Lipinski definition) is 35. The fourth-order valence-electron chi connectivity index (χ4n) is 16.5. The van der Waals surface area contributed by atoms with Crippen LogP contribution in [0.5, 0.6) is 0 Å². The fourth-order valence-corrected chi connectivity index (χ4v) is 16.5. The van der Waals surface area contributed by atoms with Gasteiger partial charge in [0.25, 0.3) is 5.79 Å². The van der Waals surface area contributed by atoms with Crippen molar-refractivity contribution in [1.82, 2.24) is 16.0 Å². The highest BCUT2D eigenvalue weighted by molar-refractivity contribution is 5.77. The number of ether oxygens (including phenoxy) is 12. The van der Waals surface area contributed by atoms with E-state index in [4.69, 9.17) is 56.8 Å². The van der Waals surface area contributed by atoms with E-state index in [0.717, 1.165) is 78.1 Å². The molecule has 124 heavy (non-hydrogen) atoms. The highest BCUT2D eigenvalue weighted by atomic mass is 16.8. The van der Waals surface area contributed by atoms with E-state index in [0.29, 0.717) is 12.8 Å². The maximum absolute atomic E-state index is 13.7. The van der Waals surface area contributed by atoms with Gasteiger partial charge in [-0.15, -0.1) is 0 Å². The molecule has 0 aromatic heterocycles. The number of nitrogens with one attached hydrogen (secondary N) is 3. The average Bonchev–Trinajstić information content (AvgIpc) is 0.733. The summed E-state index contributed by atoms with van der Waals surface area (Å²) in [6, 6.07) is -4.66. The number of allylic oxidation sites excluding steroid dienone is 3. The minimum atomic E-state index is -3.22. The summed E-state index contributed by atoms with van der Waals surface area (Å²) < 4.78 is 71.0. The normalized spacial score (nSPS) is 35.3. The van der Waals surface area contributed by atoms with Crippen molar-refractivity contribution in [3.63, 3.8) is 0 Å². The molecule has 0 aromatic carbocycles. The van der Waals surface area contributed by atoms with E-state index in [1.54, 1.807) is 6.08 Å². The predicted molar refractivity (Wildman–Crippen MR) is 439 cm³/mol. The van der Waals surface area contributed by atoms with Crippen molar-refractivity contribution in [2.24, 2.45) is 0 Å². The maximum atomic E-state index is 13.7. The summed E-state index contributed by atoms with van der Waals surface area (Å²) in [6.45, 7) is -0.507. The molecule has 33 atom stereocenters. The van der Waals surface area contributed by atoms with E-state index in [2.05, 4.69) is 41.9 Å². The third-order valence-electron chi connectivity index (χ3n) is 23.8. The second-order valence-electron chi connectivity index (χ2n) is 33.9. The van der Waals surface area contributed by atoms with Crippen LogP contribution in [-0.2, 0) is 76.0 Å². The number of carbonyl (C=O) groups is 4. The van der Waals surface area contributed by atoms with Crippen LogP contribution in [0.1, 0.15) is 240 Å². The zero-order valence-electron chi connectivity index (χ0n) is 72.5. The van der Waals surface area contributed by atoms with Gasteiger partial charge in [0.05, 0.1) is 70.5 Å². The molecular formula is C85H151N3O36. The van der Waals surface area contributed by atoms with E-state index >= 15 is 0 Å². The van der Waals surface area contributed by atoms with Gasteiger partial charge in [0.2, 0.25) is 17.7 Å². The molecule has 6 rings (SSSR count). The first-order chi connectivity index (χ1) is 59.5. The Labute approximate surface area is 727 Å². The number of carbonyl (C=O) groups excluding carboxylic acids is 3. The van der Waals surface area contributed by atoms with Crippen molar-refractivity contribution < 1.29 is 178 Å². The van der Waals surface area contributed by atoms with Crippen LogP contribution in [0.15, 0.2) is 24.3 Å². The Kier molecular flexibility index (Phi) is 51.0. The SMILES string of the molecule is CCCCCCCC/C=C\CCCCCCCCCCCCCC(=O)N[C@@H](CO[C@@H]1OC(CO)[C@@H](O[C@@H]2OC(CO[C@@H]3OC(CO)[C@@H](O[C@@H]4OC(CO)[C@H](O)[C@H](O[C@]5(C(=O)O)CC(O)[C@@H](NC(C)=O)C([C@H](O)[C@H](O)CO)O5)C4O)[C@H](O)C3NC(C)=O)[C@H](O)[C@H](O[C@H]3OC(CO)[C@H](O)[C@H](O)C3O)C2O)[C@H](O)C1O)[C@H](O)/C=C/CCCCCCCCCCCCC. The third kappa shape index (κ3) is 33.7. The molecule has 6 aliphatic heterocycles. The Balaban J connectivity index is 1.14. The number of rotatable bonds is 60. The summed E-state index contributed by atoms with van der Waals surface area (Å²) in [7, 11) is 0. The Morgan fingerprint density at radius 3 is 1.33 bits per heavy atom. The lowest BCUT2D eigenvalue weighted by molar-refractivity contribution is -0.388. The lowest BCUT2D eigenvalue weighted by Crippen LogP contribution is -2.71. The van der Waals surface area contributed by atoms with Crippen molar-refractivity contribution in [1.29, 1.82) is 0 Å². The van der Waals surface area contributed by atoms with Gasteiger partial charge < -0.3 is 175 Å². The smallest absolute Gasteiger partial charge is 0.364 e. The molecule has 12 unspecified atom stereocenters. The molecule has 23 N–H and O–H groups in total. The van der Waals surface area contributed by atoms with Crippen LogP contribution in [0.2, 0.25) is 0 Å². The highest BCUT2D eigenvalue weighted by Crippen LogP contribution is 2.40. The molecule has 39 heteroatoms. The van der Waals surface area contributed by atoms with Gasteiger partial charge in [0.15, 0.2) is 31.5 Å². The van der Waals surface area contributed by atoms with Gasteiger partial charge in [0.1, 0.15) is 140 Å². The first-order valence-corrected chi connectivity index (χ1v) is 45.2. The van der Waals surface area contributed by atoms with Gasteiger partial charge in [-0.2, -0.15) is 0 Å². The predicted octanol–water partition coefficient (Wildman–Crippen LogP) is -1.10. The fraction of sp³-hybridized carbons (Fsp3) is 0.906. The van der Waals surface area contributed by atoms with Crippen LogP contribution >= 0.6 is 0 Å². The first kappa shape index (κ1) is 109. The minimum absolute atomic E-state index is 0.136. The summed E-state index contributed by atoms with van der Waals surface area (Å²) in [5.74, 6) is -7.42. The molecule has 6 saturated heterocycles. The molecule has 722 valence electrons. The number of aliphatic carboxylic acids is 1. The van der Waals surface area contributed by atoms with Gasteiger partial charge in [-0.1, -0.05) is 192 Å². The van der Waals surface area contributed by atoms with E-state index in [-0.39, 0.29) is 12.3 Å². The molecule has 0 spiro atoms. The largest absolute Gasteiger partial charge is 0.477 e. The van der Waals surface area contributed by atoms with Crippen LogP contribution in [-0.4, -0.2) is 374 Å². The summed E-state index contributed by atoms with van der Waals surface area (Å²) in [5, 5.41) is 231. The summed E-state index contributed by atoms with van der Waals surface area (Å²) >= 11 is 0. The lowest BCUT2D eigenvalue weighted by Gasteiger charge is -2.51. The Morgan fingerprint density at radius 2 is 0.839 bits per heavy atom. The average molecular weight is 1790 g/mol. The lowest BCUT2D eigenvalue weighted by atomic mass is 9.88. The zero-order chi connectivity index (χ0) is 91.0. The van der Waals surface area contributed by atoms with Crippen LogP contribution in [0.3, 0.4) is 0 Å². The van der Waals surface area contributed by atoms with Crippen molar-refractivity contribution in [2.45, 2.75) is 441 Å². The molecule has 6 heterocycles. The molecule has 0 aromatic rings. The van der Waals surface area contributed by atoms with Gasteiger partial charge >= 0.3 is 5.97 Å². The van der Waals surface area contributed by atoms with Crippen molar-refractivity contribution in [2.75, 3.05) is 46.2 Å². The third-order valence-corrected chi connectivity index (χ3v) is 23.8. The van der Waals surface area contributed by atoms with Gasteiger partial charge in [0, 0.05) is 26.7 Å². The van der Waals surface area contributed by atoms with Crippen molar-refractivity contribution in [3.05, 3.63) is 24.3 Å². The number of carboxylic acids is 1. The Bertz CT molecular complexity index is 2990. The van der Waals surface area contributed by atoms with Crippen LogP contribution in [0.4, 0.5) is 0 Å². The Hall–Kier alpha value is -3.88. The molecular weight excluding hydrogens is 1640 g/mol. The van der Waals surface area contributed by atoms with Crippen LogP contribution < -0.4 is 16.0 Å². The second-order valence-corrected chi connectivity index (χ2v) is 33.9. The summed E-state index contributed by atoms with van der Waals surface area (Å²) in [6.07, 6.45) is -17.0. The van der Waals surface area contributed by atoms with Crippen LogP contribution in [0.25, 0.3) is 0 Å². The minimum Gasteiger partial charge on any atom is -0.477 e. The number of amides is 3. The van der Waals surface area contributed by atoms with Gasteiger partial charge in [-0.25, -0.2) is 4.79 Å².